The smallest absolute Gasteiger partial charge is 0.244 e. The van der Waals surface area contributed by atoms with Crippen molar-refractivity contribution in [1.82, 2.24) is 10.2 Å². The number of amides is 2. The summed E-state index contributed by atoms with van der Waals surface area (Å²) in [4.78, 5) is 27.8. The summed E-state index contributed by atoms with van der Waals surface area (Å²) in [6.45, 7) is 3.69. The Labute approximate surface area is 218 Å². The summed E-state index contributed by atoms with van der Waals surface area (Å²) in [6, 6.07) is 10.7. The van der Waals surface area contributed by atoms with Crippen molar-refractivity contribution in [3.8, 4) is 11.5 Å². The third-order valence-corrected chi connectivity index (χ3v) is 7.02. The van der Waals surface area contributed by atoms with Crippen molar-refractivity contribution in [2.24, 2.45) is 0 Å². The average Bonchev–Trinajstić information content (AvgIpc) is 2.84. The number of unbranched alkanes of at least 4 members (excludes halogenated alkanes) is 1. The Kier molecular flexibility index (Phi) is 10.9. The number of nitrogens with zero attached hydrogens (tertiary/aromatic N) is 2. The summed E-state index contributed by atoms with van der Waals surface area (Å²) in [6.07, 6.45) is 2.73. The van der Waals surface area contributed by atoms with E-state index in [1.807, 2.05) is 13.0 Å². The Hall–Kier alpha value is -2.98. The number of methoxy groups -OCH3 is 2. The lowest BCUT2D eigenvalue weighted by Crippen LogP contribution is -2.51. The first kappa shape index (κ1) is 29.3. The van der Waals surface area contributed by atoms with Crippen molar-refractivity contribution in [2.45, 2.75) is 39.3 Å². The zero-order chi connectivity index (χ0) is 26.9. The van der Waals surface area contributed by atoms with E-state index in [4.69, 9.17) is 21.1 Å². The average molecular weight is 540 g/mol. The molecule has 0 aliphatic carbocycles. The molecule has 0 saturated carbocycles. The third-order valence-electron chi connectivity index (χ3n) is 5.59. The highest BCUT2D eigenvalue weighted by Crippen LogP contribution is 2.30. The molecule has 2 aromatic rings. The van der Waals surface area contributed by atoms with Crippen LogP contribution in [-0.2, 0) is 26.2 Å². The van der Waals surface area contributed by atoms with Crippen LogP contribution in [-0.4, -0.2) is 64.7 Å². The van der Waals surface area contributed by atoms with Crippen LogP contribution in [0.3, 0.4) is 0 Å². The van der Waals surface area contributed by atoms with E-state index in [2.05, 4.69) is 5.32 Å². The first-order chi connectivity index (χ1) is 17.0. The van der Waals surface area contributed by atoms with Crippen LogP contribution in [0.5, 0.6) is 11.5 Å². The zero-order valence-corrected chi connectivity index (χ0v) is 22.9. The molecule has 36 heavy (non-hydrogen) atoms. The van der Waals surface area contributed by atoms with Crippen molar-refractivity contribution in [3.05, 3.63) is 53.1 Å². The van der Waals surface area contributed by atoms with Crippen LogP contribution in [0.1, 0.15) is 32.3 Å². The number of anilines is 1. The Morgan fingerprint density at radius 3 is 2.42 bits per heavy atom. The number of carbonyl (C=O) groups excluding carboxylic acids is 2. The van der Waals surface area contributed by atoms with Gasteiger partial charge in [-0.15, -0.1) is 0 Å². The van der Waals surface area contributed by atoms with Crippen LogP contribution in [0, 0.1) is 0 Å². The molecule has 0 heterocycles. The molecule has 1 atom stereocenters. The van der Waals surface area contributed by atoms with Gasteiger partial charge in [0.05, 0.1) is 31.2 Å². The predicted molar refractivity (Wildman–Crippen MR) is 141 cm³/mol. The normalized spacial score (nSPS) is 11.9. The lowest BCUT2D eigenvalue weighted by molar-refractivity contribution is -0.139. The molecule has 0 saturated heterocycles. The van der Waals surface area contributed by atoms with Crippen molar-refractivity contribution >= 4 is 39.1 Å². The van der Waals surface area contributed by atoms with E-state index >= 15 is 0 Å². The van der Waals surface area contributed by atoms with Gasteiger partial charge in [-0.05, 0) is 49.2 Å². The molecule has 9 nitrogen and oxygen atoms in total. The lowest BCUT2D eigenvalue weighted by atomic mass is 10.1. The molecule has 0 radical (unpaired) electrons. The van der Waals surface area contributed by atoms with Crippen LogP contribution in [0.15, 0.2) is 42.5 Å². The molecule has 1 N–H and O–H groups in total. The molecular formula is C25H34ClN3O6S. The number of ether oxygens (including phenoxy) is 2. The fraction of sp³-hybridized carbons (Fsp3) is 0.440. The second-order valence-corrected chi connectivity index (χ2v) is 10.6. The molecule has 0 aliphatic heterocycles. The molecule has 0 aromatic heterocycles. The van der Waals surface area contributed by atoms with Crippen LogP contribution < -0.4 is 19.1 Å². The fourth-order valence-electron chi connectivity index (χ4n) is 3.51. The molecule has 198 valence electrons. The highest BCUT2D eigenvalue weighted by molar-refractivity contribution is 7.92. The van der Waals surface area contributed by atoms with Gasteiger partial charge in [-0.3, -0.25) is 13.9 Å². The van der Waals surface area contributed by atoms with Crippen molar-refractivity contribution in [1.29, 1.82) is 0 Å². The maximum Gasteiger partial charge on any atom is 0.244 e. The number of carbonyl (C=O) groups is 2. The Balaban J connectivity index is 2.39. The first-order valence-electron chi connectivity index (χ1n) is 11.5. The molecule has 2 amide bonds. The van der Waals surface area contributed by atoms with E-state index in [9.17, 15) is 18.0 Å². The van der Waals surface area contributed by atoms with E-state index in [0.717, 1.165) is 29.0 Å². The number of hydrogen-bond donors (Lipinski definition) is 1. The summed E-state index contributed by atoms with van der Waals surface area (Å²) in [7, 11) is -0.880. The van der Waals surface area contributed by atoms with Gasteiger partial charge in [0, 0.05) is 13.1 Å². The van der Waals surface area contributed by atoms with E-state index < -0.39 is 28.5 Å². The van der Waals surface area contributed by atoms with Crippen molar-refractivity contribution in [2.75, 3.05) is 37.9 Å². The SMILES string of the molecule is CCCCNC(=O)C(C)N(Cc1cccc(OC)c1)C(=O)CN(c1ccc(OC)c(Cl)c1)S(C)(=O)=O. The molecule has 0 aliphatic rings. The number of sulfonamides is 1. The minimum absolute atomic E-state index is 0.0827. The van der Waals surface area contributed by atoms with Gasteiger partial charge in [-0.1, -0.05) is 37.1 Å². The van der Waals surface area contributed by atoms with Crippen LogP contribution in [0.2, 0.25) is 5.02 Å². The van der Waals surface area contributed by atoms with Gasteiger partial charge >= 0.3 is 0 Å². The van der Waals surface area contributed by atoms with Gasteiger partial charge < -0.3 is 19.7 Å². The first-order valence-corrected chi connectivity index (χ1v) is 13.8. The number of rotatable bonds is 13. The molecule has 1 unspecified atom stereocenters. The van der Waals surface area contributed by atoms with E-state index in [0.29, 0.717) is 18.0 Å². The van der Waals surface area contributed by atoms with Crippen LogP contribution in [0.4, 0.5) is 5.69 Å². The summed E-state index contributed by atoms with van der Waals surface area (Å²) < 4.78 is 36.7. The molecule has 2 rings (SSSR count). The highest BCUT2D eigenvalue weighted by Gasteiger charge is 2.30. The minimum atomic E-state index is -3.86. The minimum Gasteiger partial charge on any atom is -0.497 e. The summed E-state index contributed by atoms with van der Waals surface area (Å²) >= 11 is 6.20. The van der Waals surface area contributed by atoms with Crippen molar-refractivity contribution < 1.29 is 27.5 Å². The van der Waals surface area contributed by atoms with E-state index in [1.54, 1.807) is 25.1 Å². The van der Waals surface area contributed by atoms with Crippen LogP contribution >= 0.6 is 11.6 Å². The van der Waals surface area contributed by atoms with Gasteiger partial charge in [-0.2, -0.15) is 0 Å². The molecule has 0 fully saturated rings. The van der Waals surface area contributed by atoms with Gasteiger partial charge in [0.2, 0.25) is 21.8 Å². The number of halogens is 1. The van der Waals surface area contributed by atoms with Gasteiger partial charge in [0.25, 0.3) is 0 Å². The zero-order valence-electron chi connectivity index (χ0n) is 21.3. The maximum absolute atomic E-state index is 13.6. The molecule has 2 aromatic carbocycles. The Bertz CT molecular complexity index is 1160. The highest BCUT2D eigenvalue weighted by atomic mass is 35.5. The molecular weight excluding hydrogens is 506 g/mol. The second-order valence-electron chi connectivity index (χ2n) is 8.28. The monoisotopic (exact) mass is 539 g/mol. The number of hydrogen-bond acceptors (Lipinski definition) is 6. The quantitative estimate of drug-likeness (QED) is 0.391. The molecule has 11 heteroatoms. The standard InChI is InChI=1S/C25H34ClN3O6S/c1-6-7-13-27-25(31)18(2)28(16-19-9-8-10-21(14-19)34-3)24(30)17-29(36(5,32)33)20-11-12-23(35-4)22(26)15-20/h8-12,14-15,18H,6-7,13,16-17H2,1-5H3,(H,27,31). The summed E-state index contributed by atoms with van der Waals surface area (Å²) in [5, 5.41) is 3.04. The fourth-order valence-corrected chi connectivity index (χ4v) is 4.60. The van der Waals surface area contributed by atoms with Crippen molar-refractivity contribution in [3.63, 3.8) is 0 Å². The van der Waals surface area contributed by atoms with Crippen LogP contribution in [0.25, 0.3) is 0 Å². The summed E-state index contributed by atoms with van der Waals surface area (Å²) in [5.74, 6) is 0.106. The van der Waals surface area contributed by atoms with Gasteiger partial charge in [-0.25, -0.2) is 8.42 Å². The Morgan fingerprint density at radius 2 is 1.83 bits per heavy atom. The topological polar surface area (TPSA) is 105 Å². The van der Waals surface area contributed by atoms with Gasteiger partial charge in [0.15, 0.2) is 0 Å². The van der Waals surface area contributed by atoms with E-state index in [1.165, 1.54) is 37.3 Å². The molecule has 0 bridgehead atoms. The second kappa shape index (κ2) is 13.4. The van der Waals surface area contributed by atoms with Gasteiger partial charge in [0.1, 0.15) is 24.1 Å². The molecule has 0 spiro atoms. The number of benzene rings is 2. The third kappa shape index (κ3) is 8.03. The largest absolute Gasteiger partial charge is 0.497 e. The number of nitrogens with one attached hydrogen (secondary N) is 1. The lowest BCUT2D eigenvalue weighted by Gasteiger charge is -2.31. The predicted octanol–water partition coefficient (Wildman–Crippen LogP) is 3.46. The Morgan fingerprint density at radius 1 is 1.11 bits per heavy atom. The maximum atomic E-state index is 13.6. The summed E-state index contributed by atoms with van der Waals surface area (Å²) in [5.41, 5.74) is 0.937. The van der Waals surface area contributed by atoms with E-state index in [-0.39, 0.29) is 23.2 Å².